The van der Waals surface area contributed by atoms with Crippen molar-refractivity contribution in [3.8, 4) is 0 Å². The summed E-state index contributed by atoms with van der Waals surface area (Å²) in [5.74, 6) is 1.62. The fraction of sp³-hybridized carbons (Fsp3) is 0.310. The topological polar surface area (TPSA) is 66.9 Å². The van der Waals surface area contributed by atoms with Crippen LogP contribution >= 0.6 is 0 Å². The van der Waals surface area contributed by atoms with Crippen molar-refractivity contribution in [2.45, 2.75) is 20.0 Å². The summed E-state index contributed by atoms with van der Waals surface area (Å²) in [5.41, 5.74) is 6.94. The Kier molecular flexibility index (Phi) is 6.07. The molecule has 0 radical (unpaired) electrons. The van der Waals surface area contributed by atoms with Crippen molar-refractivity contribution < 1.29 is 14.3 Å². The van der Waals surface area contributed by atoms with Crippen LogP contribution in [0, 0.1) is 0 Å². The van der Waals surface area contributed by atoms with Gasteiger partial charge in [0.15, 0.2) is 5.82 Å². The van der Waals surface area contributed by atoms with Crippen LogP contribution < -0.4 is 15.1 Å². The van der Waals surface area contributed by atoms with E-state index in [1.807, 2.05) is 36.5 Å². The van der Waals surface area contributed by atoms with Gasteiger partial charge in [-0.3, -0.25) is 4.79 Å². The number of fused-ring (bicyclic) bond motifs is 2. The predicted octanol–water partition coefficient (Wildman–Crippen LogP) is 4.34. The number of para-hydroxylation sites is 1. The first-order valence-electron chi connectivity index (χ1n) is 12.7. The second-order valence-corrected chi connectivity index (χ2v) is 9.26. The van der Waals surface area contributed by atoms with Gasteiger partial charge in [-0.1, -0.05) is 36.4 Å². The molecule has 0 saturated carbocycles. The van der Waals surface area contributed by atoms with Crippen LogP contribution in [0.4, 0.5) is 17.2 Å². The highest BCUT2D eigenvalue weighted by Crippen LogP contribution is 2.41. The summed E-state index contributed by atoms with van der Waals surface area (Å²) < 4.78 is 11.6. The van der Waals surface area contributed by atoms with E-state index in [9.17, 15) is 4.79 Å². The van der Waals surface area contributed by atoms with E-state index in [0.29, 0.717) is 17.9 Å². The van der Waals surface area contributed by atoms with E-state index in [-0.39, 0.29) is 5.91 Å². The van der Waals surface area contributed by atoms with E-state index < -0.39 is 0 Å². The maximum atomic E-state index is 12.7. The van der Waals surface area contributed by atoms with E-state index >= 15 is 0 Å². The molecule has 1 saturated heterocycles. The molecule has 1 amide bonds. The highest BCUT2D eigenvalue weighted by molar-refractivity contribution is 6.36. The first-order valence-corrected chi connectivity index (χ1v) is 12.7. The van der Waals surface area contributed by atoms with Crippen molar-refractivity contribution in [2.24, 2.45) is 0 Å². The van der Waals surface area contributed by atoms with Gasteiger partial charge in [-0.15, -0.1) is 0 Å². The quantitative estimate of drug-likeness (QED) is 0.528. The van der Waals surface area contributed by atoms with Crippen molar-refractivity contribution >= 4 is 34.4 Å². The molecule has 3 aliphatic rings. The third kappa shape index (κ3) is 4.09. The molecule has 7 nitrogen and oxygen atoms in total. The molecule has 0 aliphatic carbocycles. The molecule has 0 spiro atoms. The van der Waals surface area contributed by atoms with Crippen LogP contribution in [0.1, 0.15) is 29.2 Å². The van der Waals surface area contributed by atoms with Gasteiger partial charge in [0, 0.05) is 54.8 Å². The van der Waals surface area contributed by atoms with Crippen LogP contribution in [-0.2, 0) is 27.3 Å². The number of hydrogen-bond acceptors (Lipinski definition) is 6. The summed E-state index contributed by atoms with van der Waals surface area (Å²) in [7, 11) is 0. The number of amides is 1. The molecule has 1 fully saturated rings. The summed E-state index contributed by atoms with van der Waals surface area (Å²) in [6, 6.07) is 18.4. The molecule has 184 valence electrons. The van der Waals surface area contributed by atoms with E-state index in [1.165, 1.54) is 11.3 Å². The largest absolute Gasteiger partial charge is 0.487 e. The minimum absolute atomic E-state index is 0.103. The molecule has 2 aromatic carbocycles. The van der Waals surface area contributed by atoms with Crippen molar-refractivity contribution in [1.82, 2.24) is 4.98 Å². The molecule has 1 aromatic heterocycles. The SMILES string of the molecule is CCN(CCc1ccc2c(c1)COC2=C1C(=O)Nc2ccccc21)c1cccnc1N1CCOCC1. The Morgan fingerprint density at radius 2 is 1.92 bits per heavy atom. The molecule has 3 aromatic rings. The zero-order valence-electron chi connectivity index (χ0n) is 20.5. The second kappa shape index (κ2) is 9.66. The summed E-state index contributed by atoms with van der Waals surface area (Å²) in [4.78, 5) is 22.1. The van der Waals surface area contributed by atoms with Crippen LogP contribution in [0.3, 0.4) is 0 Å². The number of anilines is 3. The summed E-state index contributed by atoms with van der Waals surface area (Å²) in [5, 5.41) is 2.95. The average molecular weight is 483 g/mol. The Hall–Kier alpha value is -3.84. The molecule has 4 heterocycles. The third-order valence-corrected chi connectivity index (χ3v) is 7.15. The highest BCUT2D eigenvalue weighted by atomic mass is 16.5. The van der Waals surface area contributed by atoms with E-state index in [1.54, 1.807) is 0 Å². The molecule has 36 heavy (non-hydrogen) atoms. The number of morpholine rings is 1. The molecule has 0 atom stereocenters. The minimum atomic E-state index is -0.103. The van der Waals surface area contributed by atoms with Crippen LogP contribution in [0.2, 0.25) is 0 Å². The first kappa shape index (κ1) is 22.6. The number of carbonyl (C=O) groups excluding carboxylic acids is 1. The number of hydrogen-bond donors (Lipinski definition) is 1. The van der Waals surface area contributed by atoms with Crippen LogP contribution in [0.15, 0.2) is 60.8 Å². The van der Waals surface area contributed by atoms with Gasteiger partial charge in [0.2, 0.25) is 0 Å². The summed E-state index contributed by atoms with van der Waals surface area (Å²) >= 11 is 0. The third-order valence-electron chi connectivity index (χ3n) is 7.15. The number of carbonyl (C=O) groups is 1. The predicted molar refractivity (Wildman–Crippen MR) is 142 cm³/mol. The monoisotopic (exact) mass is 482 g/mol. The lowest BCUT2D eigenvalue weighted by Gasteiger charge is -2.33. The van der Waals surface area contributed by atoms with Gasteiger partial charge in [-0.2, -0.15) is 0 Å². The van der Waals surface area contributed by atoms with Crippen molar-refractivity contribution in [3.63, 3.8) is 0 Å². The van der Waals surface area contributed by atoms with Gasteiger partial charge >= 0.3 is 0 Å². The van der Waals surface area contributed by atoms with Crippen LogP contribution in [0.25, 0.3) is 11.3 Å². The second-order valence-electron chi connectivity index (χ2n) is 9.26. The lowest BCUT2D eigenvalue weighted by Crippen LogP contribution is -2.38. The molecule has 7 heteroatoms. The molecular formula is C29H30N4O3. The van der Waals surface area contributed by atoms with E-state index in [0.717, 1.165) is 74.0 Å². The smallest absolute Gasteiger partial charge is 0.260 e. The summed E-state index contributed by atoms with van der Waals surface area (Å²) in [6.45, 7) is 7.69. The van der Waals surface area contributed by atoms with Gasteiger partial charge in [0.05, 0.1) is 24.5 Å². The Morgan fingerprint density at radius 1 is 1.06 bits per heavy atom. The number of likely N-dealkylation sites (N-methyl/N-ethyl adjacent to an activating group) is 1. The Labute approximate surface area is 211 Å². The summed E-state index contributed by atoms with van der Waals surface area (Å²) in [6.07, 6.45) is 2.78. The maximum absolute atomic E-state index is 12.7. The van der Waals surface area contributed by atoms with Gasteiger partial charge in [-0.25, -0.2) is 4.98 Å². The zero-order chi connectivity index (χ0) is 24.5. The first-order chi connectivity index (χ1) is 17.7. The Morgan fingerprint density at radius 3 is 2.78 bits per heavy atom. The number of pyridine rings is 1. The van der Waals surface area contributed by atoms with Gasteiger partial charge in [-0.05, 0) is 37.1 Å². The number of benzene rings is 2. The lowest BCUT2D eigenvalue weighted by atomic mass is 9.98. The Bertz CT molecular complexity index is 1330. The van der Waals surface area contributed by atoms with E-state index in [4.69, 9.17) is 14.5 Å². The molecular weight excluding hydrogens is 452 g/mol. The zero-order valence-corrected chi connectivity index (χ0v) is 20.5. The van der Waals surface area contributed by atoms with Crippen LogP contribution in [0.5, 0.6) is 0 Å². The van der Waals surface area contributed by atoms with E-state index in [2.05, 4.69) is 46.3 Å². The van der Waals surface area contributed by atoms with Crippen molar-refractivity contribution in [3.05, 3.63) is 83.0 Å². The Balaban J connectivity index is 1.22. The number of ether oxygens (including phenoxy) is 2. The fourth-order valence-corrected chi connectivity index (χ4v) is 5.29. The highest BCUT2D eigenvalue weighted by Gasteiger charge is 2.32. The van der Waals surface area contributed by atoms with Gasteiger partial charge < -0.3 is 24.6 Å². The maximum Gasteiger partial charge on any atom is 0.260 e. The minimum Gasteiger partial charge on any atom is -0.487 e. The fourth-order valence-electron chi connectivity index (χ4n) is 5.29. The normalized spacial score (nSPS) is 18.5. The number of nitrogens with zero attached hydrogens (tertiary/aromatic N) is 3. The van der Waals surface area contributed by atoms with Gasteiger partial charge in [0.1, 0.15) is 12.4 Å². The molecule has 0 bridgehead atoms. The molecule has 3 aliphatic heterocycles. The number of nitrogens with one attached hydrogen (secondary N) is 1. The molecule has 1 N–H and O–H groups in total. The standard InChI is InChI=1S/C29H30N4O3/c1-2-32(25-8-5-12-30-28(25)33-14-16-35-17-15-33)13-11-20-9-10-22-21(18-20)19-36-27(22)26-23-6-3-4-7-24(23)31-29(26)34/h3-10,12,18H,2,11,13-17,19H2,1H3,(H,31,34). The van der Waals surface area contributed by atoms with Crippen molar-refractivity contribution in [1.29, 1.82) is 0 Å². The number of aromatic nitrogens is 1. The van der Waals surface area contributed by atoms with Crippen molar-refractivity contribution in [2.75, 3.05) is 54.5 Å². The number of rotatable bonds is 6. The average Bonchev–Trinajstić information content (AvgIpc) is 3.49. The van der Waals surface area contributed by atoms with Gasteiger partial charge in [0.25, 0.3) is 5.91 Å². The molecule has 6 rings (SSSR count). The lowest BCUT2D eigenvalue weighted by molar-refractivity contribution is -0.110. The molecule has 0 unspecified atom stereocenters. The van der Waals surface area contributed by atoms with Crippen LogP contribution in [-0.4, -0.2) is 50.3 Å².